The van der Waals surface area contributed by atoms with Gasteiger partial charge in [0, 0.05) is 46.0 Å². The van der Waals surface area contributed by atoms with Crippen LogP contribution in [0.5, 0.6) is 0 Å². The molecule has 0 saturated carbocycles. The first kappa shape index (κ1) is 19.9. The molecule has 1 saturated heterocycles. The molecule has 1 fully saturated rings. The number of nitro groups is 1. The Hall–Kier alpha value is -2.80. The Morgan fingerprint density at radius 2 is 1.93 bits per heavy atom. The van der Waals surface area contributed by atoms with Gasteiger partial charge in [0.15, 0.2) is 0 Å². The van der Waals surface area contributed by atoms with Crippen molar-refractivity contribution >= 4 is 21.6 Å². The van der Waals surface area contributed by atoms with Crippen molar-refractivity contribution in [2.45, 2.75) is 25.3 Å². The lowest BCUT2D eigenvalue weighted by Gasteiger charge is -2.33. The van der Waals surface area contributed by atoms with Crippen LogP contribution in [0.2, 0.25) is 0 Å². The standard InChI is InChI=1S/C15H21N7O5S/c1-4-20-10-13(11(2)17-20)28(26,27)21-7-5-19(6-8-21)15(23)14-12(22(24)25)9-16-18(14)3/h9-10H,4-8H2,1-3H3. The number of aryl methyl sites for hydroxylation is 3. The molecule has 0 atom stereocenters. The van der Waals surface area contributed by atoms with E-state index < -0.39 is 20.9 Å². The highest BCUT2D eigenvalue weighted by atomic mass is 32.2. The fourth-order valence-corrected chi connectivity index (χ4v) is 4.73. The van der Waals surface area contributed by atoms with E-state index in [1.165, 1.54) is 22.4 Å². The summed E-state index contributed by atoms with van der Waals surface area (Å²) in [5, 5.41) is 19.1. The molecule has 28 heavy (non-hydrogen) atoms. The monoisotopic (exact) mass is 411 g/mol. The minimum absolute atomic E-state index is 0.0937. The molecule has 0 N–H and O–H groups in total. The zero-order valence-electron chi connectivity index (χ0n) is 15.8. The summed E-state index contributed by atoms with van der Waals surface area (Å²) in [6.07, 6.45) is 2.53. The Morgan fingerprint density at radius 1 is 1.29 bits per heavy atom. The van der Waals surface area contributed by atoms with Gasteiger partial charge in [0.2, 0.25) is 15.7 Å². The summed E-state index contributed by atoms with van der Waals surface area (Å²) in [4.78, 5) is 24.7. The minimum atomic E-state index is -3.73. The molecule has 3 heterocycles. The van der Waals surface area contributed by atoms with E-state index in [-0.39, 0.29) is 42.5 Å². The van der Waals surface area contributed by atoms with Crippen LogP contribution < -0.4 is 0 Å². The van der Waals surface area contributed by atoms with E-state index in [1.54, 1.807) is 11.6 Å². The summed E-state index contributed by atoms with van der Waals surface area (Å²) in [5.74, 6) is -0.543. The Kier molecular flexibility index (Phi) is 5.21. The van der Waals surface area contributed by atoms with Crippen molar-refractivity contribution in [3.8, 4) is 0 Å². The average Bonchev–Trinajstić information content (AvgIpc) is 3.24. The van der Waals surface area contributed by atoms with Crippen LogP contribution in [0, 0.1) is 17.0 Å². The average molecular weight is 411 g/mol. The first-order valence-electron chi connectivity index (χ1n) is 8.66. The van der Waals surface area contributed by atoms with E-state index in [4.69, 9.17) is 0 Å². The number of carbonyl (C=O) groups is 1. The van der Waals surface area contributed by atoms with Crippen molar-refractivity contribution in [1.82, 2.24) is 28.8 Å². The molecule has 152 valence electrons. The fraction of sp³-hybridized carbons (Fsp3) is 0.533. The van der Waals surface area contributed by atoms with Crippen LogP contribution in [-0.2, 0) is 23.6 Å². The van der Waals surface area contributed by atoms with Crippen molar-refractivity contribution < 1.29 is 18.1 Å². The van der Waals surface area contributed by atoms with Crippen LogP contribution in [-0.4, -0.2) is 74.2 Å². The van der Waals surface area contributed by atoms with Gasteiger partial charge in [0.05, 0.1) is 10.6 Å². The number of nitrogens with zero attached hydrogens (tertiary/aromatic N) is 7. The molecule has 0 bridgehead atoms. The fourth-order valence-electron chi connectivity index (χ4n) is 3.14. The maximum atomic E-state index is 12.9. The number of carbonyl (C=O) groups excluding carboxylic acids is 1. The van der Waals surface area contributed by atoms with Crippen LogP contribution in [0.4, 0.5) is 5.69 Å². The first-order chi connectivity index (χ1) is 13.2. The third kappa shape index (κ3) is 3.38. The maximum absolute atomic E-state index is 12.9. The minimum Gasteiger partial charge on any atom is -0.334 e. The predicted octanol–water partition coefficient (Wildman–Crippen LogP) is -0.000180. The molecule has 1 amide bonds. The Morgan fingerprint density at radius 3 is 2.46 bits per heavy atom. The van der Waals surface area contributed by atoms with E-state index in [9.17, 15) is 23.3 Å². The molecule has 2 aromatic rings. The summed E-state index contributed by atoms with van der Waals surface area (Å²) < 4.78 is 29.8. The number of sulfonamides is 1. The van der Waals surface area contributed by atoms with Gasteiger partial charge < -0.3 is 4.90 Å². The van der Waals surface area contributed by atoms with Crippen molar-refractivity contribution in [2.75, 3.05) is 26.2 Å². The van der Waals surface area contributed by atoms with Crippen molar-refractivity contribution in [3.63, 3.8) is 0 Å². The highest BCUT2D eigenvalue weighted by Gasteiger charge is 2.35. The second-order valence-electron chi connectivity index (χ2n) is 6.39. The largest absolute Gasteiger partial charge is 0.334 e. The SMILES string of the molecule is CCn1cc(S(=O)(=O)N2CCN(C(=O)c3c([N+](=O)[O-])cnn3C)CC2)c(C)n1. The van der Waals surface area contributed by atoms with Crippen molar-refractivity contribution in [1.29, 1.82) is 0 Å². The highest BCUT2D eigenvalue weighted by Crippen LogP contribution is 2.23. The summed E-state index contributed by atoms with van der Waals surface area (Å²) in [5.41, 5.74) is -0.0719. The van der Waals surface area contributed by atoms with E-state index >= 15 is 0 Å². The molecule has 0 spiro atoms. The molecule has 13 heteroatoms. The van der Waals surface area contributed by atoms with Crippen molar-refractivity contribution in [2.24, 2.45) is 7.05 Å². The summed E-state index contributed by atoms with van der Waals surface area (Å²) in [7, 11) is -2.27. The highest BCUT2D eigenvalue weighted by molar-refractivity contribution is 7.89. The lowest BCUT2D eigenvalue weighted by molar-refractivity contribution is -0.385. The van der Waals surface area contributed by atoms with Gasteiger partial charge in [0.1, 0.15) is 11.1 Å². The predicted molar refractivity (Wildman–Crippen MR) is 97.2 cm³/mol. The topological polar surface area (TPSA) is 136 Å². The smallest absolute Gasteiger partial charge is 0.320 e. The van der Waals surface area contributed by atoms with Gasteiger partial charge in [-0.3, -0.25) is 24.3 Å². The van der Waals surface area contributed by atoms with Gasteiger partial charge >= 0.3 is 5.69 Å². The van der Waals surface area contributed by atoms with Gasteiger partial charge in [-0.25, -0.2) is 8.42 Å². The lowest BCUT2D eigenvalue weighted by atomic mass is 10.3. The molecule has 0 aromatic carbocycles. The molecule has 3 rings (SSSR count). The Labute approximate surface area is 161 Å². The normalized spacial score (nSPS) is 15.8. The van der Waals surface area contributed by atoms with E-state index in [0.717, 1.165) is 10.9 Å². The Bertz CT molecular complexity index is 1020. The molecular formula is C15H21N7O5S. The number of amides is 1. The van der Waals surface area contributed by atoms with Crippen LogP contribution in [0.15, 0.2) is 17.3 Å². The van der Waals surface area contributed by atoms with Gasteiger partial charge in [0.25, 0.3) is 5.91 Å². The second kappa shape index (κ2) is 7.31. The summed E-state index contributed by atoms with van der Waals surface area (Å²) in [6.45, 7) is 4.50. The molecule has 1 aliphatic rings. The van der Waals surface area contributed by atoms with Crippen molar-refractivity contribution in [3.05, 3.63) is 33.9 Å². The third-order valence-electron chi connectivity index (χ3n) is 4.69. The molecule has 0 unspecified atom stereocenters. The molecule has 1 aliphatic heterocycles. The maximum Gasteiger partial charge on any atom is 0.320 e. The molecule has 2 aromatic heterocycles. The van der Waals surface area contributed by atoms with E-state index in [0.29, 0.717) is 12.2 Å². The van der Waals surface area contributed by atoms with Crippen LogP contribution in [0.25, 0.3) is 0 Å². The quantitative estimate of drug-likeness (QED) is 0.499. The number of rotatable bonds is 5. The van der Waals surface area contributed by atoms with Crippen LogP contribution >= 0.6 is 0 Å². The number of piperazine rings is 1. The van der Waals surface area contributed by atoms with Crippen LogP contribution in [0.1, 0.15) is 23.1 Å². The second-order valence-corrected chi connectivity index (χ2v) is 8.30. The lowest BCUT2D eigenvalue weighted by Crippen LogP contribution is -2.50. The molecule has 0 radical (unpaired) electrons. The van der Waals surface area contributed by atoms with Gasteiger partial charge in [-0.15, -0.1) is 0 Å². The van der Waals surface area contributed by atoms with E-state index in [1.807, 2.05) is 6.92 Å². The number of hydrogen-bond donors (Lipinski definition) is 0. The Balaban J connectivity index is 1.76. The summed E-state index contributed by atoms with van der Waals surface area (Å²) >= 11 is 0. The van der Waals surface area contributed by atoms with Crippen LogP contribution in [0.3, 0.4) is 0 Å². The zero-order chi connectivity index (χ0) is 20.6. The first-order valence-corrected chi connectivity index (χ1v) is 10.1. The van der Waals surface area contributed by atoms with Gasteiger partial charge in [-0.05, 0) is 13.8 Å². The zero-order valence-corrected chi connectivity index (χ0v) is 16.6. The molecular weight excluding hydrogens is 390 g/mol. The van der Waals surface area contributed by atoms with Gasteiger partial charge in [-0.2, -0.15) is 14.5 Å². The number of aromatic nitrogens is 4. The number of hydrogen-bond acceptors (Lipinski definition) is 7. The van der Waals surface area contributed by atoms with Gasteiger partial charge in [-0.1, -0.05) is 0 Å². The molecule has 12 nitrogen and oxygen atoms in total. The summed E-state index contributed by atoms with van der Waals surface area (Å²) in [6, 6.07) is 0. The molecule has 0 aliphatic carbocycles. The van der Waals surface area contributed by atoms with E-state index in [2.05, 4.69) is 10.2 Å². The third-order valence-corrected chi connectivity index (χ3v) is 6.69.